The summed E-state index contributed by atoms with van der Waals surface area (Å²) >= 11 is 0. The first-order chi connectivity index (χ1) is 13.4. The van der Waals surface area contributed by atoms with E-state index in [0.29, 0.717) is 16.2 Å². The van der Waals surface area contributed by atoms with Crippen molar-refractivity contribution in [3.63, 3.8) is 0 Å². The van der Waals surface area contributed by atoms with Gasteiger partial charge >= 0.3 is 0 Å². The first kappa shape index (κ1) is 19.4. The van der Waals surface area contributed by atoms with E-state index < -0.39 is 0 Å². The first-order valence-corrected chi connectivity index (χ1v) is 12.7. The molecule has 3 unspecified atom stereocenters. The van der Waals surface area contributed by atoms with Gasteiger partial charge in [0, 0.05) is 0 Å². The van der Waals surface area contributed by atoms with E-state index in [9.17, 15) is 0 Å². The van der Waals surface area contributed by atoms with Gasteiger partial charge in [-0.3, -0.25) is 0 Å². The van der Waals surface area contributed by atoms with Gasteiger partial charge in [-0.1, -0.05) is 37.6 Å². The number of fused-ring (bicyclic) bond motifs is 5. The largest absolute Gasteiger partial charge is 0.0998 e. The Balaban J connectivity index is 1.53. The van der Waals surface area contributed by atoms with Crippen LogP contribution in [0.4, 0.5) is 0 Å². The smallest absolute Gasteiger partial charge is 0.0147 e. The molecule has 0 radical (unpaired) electrons. The van der Waals surface area contributed by atoms with Crippen LogP contribution < -0.4 is 0 Å². The van der Waals surface area contributed by atoms with Crippen LogP contribution in [0.5, 0.6) is 0 Å². The fraction of sp³-hybridized carbons (Fsp3) is 0.857. The lowest BCUT2D eigenvalue weighted by molar-refractivity contribution is -0.167. The van der Waals surface area contributed by atoms with Crippen LogP contribution in [-0.4, -0.2) is 0 Å². The molecule has 0 amide bonds. The van der Waals surface area contributed by atoms with Crippen molar-refractivity contribution in [1.82, 2.24) is 0 Å². The maximum absolute atomic E-state index is 4.48. The van der Waals surface area contributed by atoms with Gasteiger partial charge < -0.3 is 0 Å². The number of hydrogen-bond acceptors (Lipinski definition) is 0. The van der Waals surface area contributed by atoms with Crippen molar-refractivity contribution in [3.05, 3.63) is 23.8 Å². The van der Waals surface area contributed by atoms with Crippen molar-refractivity contribution in [3.8, 4) is 0 Å². The second-order valence-electron chi connectivity index (χ2n) is 12.0. The molecule has 5 fully saturated rings. The predicted molar refractivity (Wildman–Crippen MR) is 120 cm³/mol. The molecule has 0 aromatic rings. The zero-order valence-corrected chi connectivity index (χ0v) is 19.2. The van der Waals surface area contributed by atoms with Crippen molar-refractivity contribution in [1.29, 1.82) is 0 Å². The molecule has 0 bridgehead atoms. The lowest BCUT2D eigenvalue weighted by atomic mass is 9.38. The average molecular weight is 381 g/mol. The normalized spacial score (nSPS) is 51.4. The molecule has 0 spiro atoms. The van der Waals surface area contributed by atoms with Crippen LogP contribution in [-0.2, 0) is 0 Å². The Hall–Kier alpha value is -0.520. The van der Waals surface area contributed by atoms with E-state index in [1.54, 1.807) is 17.6 Å². The molecule has 0 nitrogen and oxygen atoms in total. The fourth-order valence-corrected chi connectivity index (χ4v) is 10.2. The SMILES string of the molecule is C=C1CC[C@]2(C3CC3)C3CCC4(CC)[C@@H](/C(C)=C/C)CC[C@H]4[C@@H]3CCC2(C)C1. The first-order valence-electron chi connectivity index (χ1n) is 12.7. The van der Waals surface area contributed by atoms with Crippen LogP contribution in [0.25, 0.3) is 0 Å². The summed E-state index contributed by atoms with van der Waals surface area (Å²) in [6, 6.07) is 0. The lowest BCUT2D eigenvalue weighted by Crippen LogP contribution is -2.59. The molecule has 0 aromatic carbocycles. The van der Waals surface area contributed by atoms with Crippen LogP contribution in [0.3, 0.4) is 0 Å². The molecule has 28 heavy (non-hydrogen) atoms. The molecule has 0 N–H and O–H groups in total. The summed E-state index contributed by atoms with van der Waals surface area (Å²) in [5.74, 6) is 5.01. The van der Waals surface area contributed by atoms with Crippen LogP contribution in [0.1, 0.15) is 105 Å². The van der Waals surface area contributed by atoms with Gasteiger partial charge in [-0.25, -0.2) is 0 Å². The number of allylic oxidation sites excluding steroid dienone is 3. The number of hydrogen-bond donors (Lipinski definition) is 0. The second-order valence-corrected chi connectivity index (χ2v) is 12.0. The minimum Gasteiger partial charge on any atom is -0.0998 e. The highest BCUT2D eigenvalue weighted by Gasteiger charge is 2.68. The average Bonchev–Trinajstić information content (AvgIpc) is 3.46. The molecule has 5 aliphatic carbocycles. The zero-order chi connectivity index (χ0) is 19.7. The van der Waals surface area contributed by atoms with E-state index in [1.807, 2.05) is 0 Å². The molecule has 7 atom stereocenters. The monoisotopic (exact) mass is 380 g/mol. The minimum absolute atomic E-state index is 0.564. The lowest BCUT2D eigenvalue weighted by Gasteiger charge is -2.67. The Bertz CT molecular complexity index is 680. The van der Waals surface area contributed by atoms with Gasteiger partial charge in [-0.05, 0) is 137 Å². The Morgan fingerprint density at radius 1 is 1.04 bits per heavy atom. The molecule has 5 saturated carbocycles. The van der Waals surface area contributed by atoms with Crippen molar-refractivity contribution >= 4 is 0 Å². The van der Waals surface area contributed by atoms with Gasteiger partial charge in [0.2, 0.25) is 0 Å². The van der Waals surface area contributed by atoms with E-state index in [1.165, 1.54) is 70.6 Å². The Morgan fingerprint density at radius 3 is 2.50 bits per heavy atom. The maximum atomic E-state index is 4.48. The summed E-state index contributed by atoms with van der Waals surface area (Å²) < 4.78 is 0. The van der Waals surface area contributed by atoms with Gasteiger partial charge in [0.15, 0.2) is 0 Å². The van der Waals surface area contributed by atoms with Gasteiger partial charge in [-0.15, -0.1) is 0 Å². The molecule has 5 aliphatic rings. The third-order valence-electron chi connectivity index (χ3n) is 11.5. The predicted octanol–water partition coefficient (Wildman–Crippen LogP) is 8.34. The van der Waals surface area contributed by atoms with Gasteiger partial charge in [0.05, 0.1) is 0 Å². The van der Waals surface area contributed by atoms with Crippen molar-refractivity contribution in [2.75, 3.05) is 0 Å². The number of rotatable bonds is 3. The van der Waals surface area contributed by atoms with Crippen molar-refractivity contribution in [2.24, 2.45) is 45.8 Å². The minimum atomic E-state index is 0.564. The summed E-state index contributed by atoms with van der Waals surface area (Å²) in [4.78, 5) is 0. The van der Waals surface area contributed by atoms with Crippen LogP contribution in [0.15, 0.2) is 23.8 Å². The van der Waals surface area contributed by atoms with E-state index in [4.69, 9.17) is 0 Å². The third-order valence-corrected chi connectivity index (χ3v) is 11.5. The Labute approximate surface area is 174 Å². The highest BCUT2D eigenvalue weighted by atomic mass is 14.7. The maximum Gasteiger partial charge on any atom is -0.0147 e. The molecule has 0 heteroatoms. The molecule has 5 rings (SSSR count). The second kappa shape index (κ2) is 6.49. The van der Waals surface area contributed by atoms with E-state index in [2.05, 4.69) is 40.3 Å². The molecule has 0 saturated heterocycles. The highest BCUT2D eigenvalue weighted by Crippen LogP contribution is 2.76. The fourth-order valence-electron chi connectivity index (χ4n) is 10.2. The van der Waals surface area contributed by atoms with E-state index in [0.717, 1.165) is 29.6 Å². The summed E-state index contributed by atoms with van der Waals surface area (Å²) in [7, 11) is 0. The van der Waals surface area contributed by atoms with Crippen LogP contribution >= 0.6 is 0 Å². The van der Waals surface area contributed by atoms with Crippen molar-refractivity contribution < 1.29 is 0 Å². The molecular formula is C28H44. The van der Waals surface area contributed by atoms with Gasteiger partial charge in [0.25, 0.3) is 0 Å². The van der Waals surface area contributed by atoms with Crippen LogP contribution in [0.2, 0.25) is 0 Å². The van der Waals surface area contributed by atoms with E-state index >= 15 is 0 Å². The molecule has 0 aliphatic heterocycles. The van der Waals surface area contributed by atoms with Gasteiger partial charge in [-0.2, -0.15) is 0 Å². The third kappa shape index (κ3) is 2.36. The van der Waals surface area contributed by atoms with E-state index in [-0.39, 0.29) is 0 Å². The highest BCUT2D eigenvalue weighted by molar-refractivity contribution is 5.23. The van der Waals surface area contributed by atoms with Crippen LogP contribution in [0, 0.1) is 45.8 Å². The standard InChI is InChI=1S/C28H44/c1-6-20(4)23-10-11-24-22-13-15-26(5)18-19(3)12-17-28(26,21-8-9-21)25(22)14-16-27(23,24)7-2/h6,21-25H,3,7-18H2,1-2,4-5H3/b20-6+/t22-,23+,24-,25?,26?,27?,28-/m0/s1. The summed E-state index contributed by atoms with van der Waals surface area (Å²) in [5.41, 5.74) is 5.14. The molecular weight excluding hydrogens is 336 g/mol. The quantitative estimate of drug-likeness (QED) is 0.432. The zero-order valence-electron chi connectivity index (χ0n) is 19.2. The summed E-state index contributed by atoms with van der Waals surface area (Å²) in [6.07, 6.45) is 20.2. The molecule has 0 heterocycles. The molecule has 0 aromatic heterocycles. The van der Waals surface area contributed by atoms with Crippen molar-refractivity contribution in [2.45, 2.75) is 105 Å². The summed E-state index contributed by atoms with van der Waals surface area (Å²) in [6.45, 7) is 14.4. The van der Waals surface area contributed by atoms with Gasteiger partial charge in [0.1, 0.15) is 0 Å². The topological polar surface area (TPSA) is 0 Å². The molecule has 156 valence electrons. The summed E-state index contributed by atoms with van der Waals surface area (Å²) in [5, 5.41) is 0. The Morgan fingerprint density at radius 2 is 1.82 bits per heavy atom. The Kier molecular flexibility index (Phi) is 4.50.